The Bertz CT molecular complexity index is 350. The fraction of sp³-hybridized carbons (Fsp3) is 0.400. The number of nitrogens with one attached hydrogen (secondary N) is 1. The van der Waals surface area contributed by atoms with Crippen molar-refractivity contribution in [3.05, 3.63) is 28.0 Å². The molecule has 14 heavy (non-hydrogen) atoms. The van der Waals surface area contributed by atoms with Gasteiger partial charge in [-0.15, -0.1) is 0 Å². The minimum Gasteiger partial charge on any atom is -0.508 e. The summed E-state index contributed by atoms with van der Waals surface area (Å²) >= 11 is 3.12. The van der Waals surface area contributed by atoms with Crippen molar-refractivity contribution in [1.29, 1.82) is 0 Å². The smallest absolute Gasteiger partial charge is 0.144 e. The number of hydrogen-bond acceptors (Lipinski definition) is 2. The van der Waals surface area contributed by atoms with E-state index in [1.807, 2.05) is 0 Å². The molecule has 0 radical (unpaired) electrons. The molecule has 1 saturated heterocycles. The molecule has 1 atom stereocenters. The predicted molar refractivity (Wildman–Crippen MR) is 56.0 cm³/mol. The van der Waals surface area contributed by atoms with Crippen molar-refractivity contribution in [2.45, 2.75) is 12.3 Å². The van der Waals surface area contributed by atoms with E-state index in [4.69, 9.17) is 0 Å². The van der Waals surface area contributed by atoms with Crippen LogP contribution in [-0.4, -0.2) is 18.2 Å². The highest BCUT2D eigenvalue weighted by Gasteiger charge is 2.24. The molecule has 1 heterocycles. The SMILES string of the molecule is Oc1ccc(Br)c(F)c1C1CCNC1. The van der Waals surface area contributed by atoms with Crippen LogP contribution in [-0.2, 0) is 0 Å². The Morgan fingerprint density at radius 3 is 2.93 bits per heavy atom. The predicted octanol–water partition coefficient (Wildman–Crippen LogP) is 2.37. The zero-order chi connectivity index (χ0) is 10.1. The first kappa shape index (κ1) is 9.93. The number of benzene rings is 1. The first-order valence-electron chi connectivity index (χ1n) is 4.57. The fourth-order valence-corrected chi connectivity index (χ4v) is 2.19. The highest BCUT2D eigenvalue weighted by atomic mass is 79.9. The third-order valence-electron chi connectivity index (χ3n) is 2.58. The van der Waals surface area contributed by atoms with Crippen molar-refractivity contribution in [1.82, 2.24) is 5.32 Å². The average Bonchev–Trinajstić information content (AvgIpc) is 2.65. The lowest BCUT2D eigenvalue weighted by Gasteiger charge is -2.12. The molecule has 1 aliphatic rings. The summed E-state index contributed by atoms with van der Waals surface area (Å²) in [5, 5.41) is 12.7. The summed E-state index contributed by atoms with van der Waals surface area (Å²) in [5.41, 5.74) is 0.435. The van der Waals surface area contributed by atoms with E-state index in [1.54, 1.807) is 0 Å². The Kier molecular flexibility index (Phi) is 2.74. The van der Waals surface area contributed by atoms with Gasteiger partial charge >= 0.3 is 0 Å². The van der Waals surface area contributed by atoms with E-state index in [1.165, 1.54) is 12.1 Å². The van der Waals surface area contributed by atoms with E-state index >= 15 is 0 Å². The van der Waals surface area contributed by atoms with Crippen LogP contribution in [0, 0.1) is 5.82 Å². The molecule has 2 rings (SSSR count). The Morgan fingerprint density at radius 2 is 2.29 bits per heavy atom. The van der Waals surface area contributed by atoms with Crippen LogP contribution in [0.4, 0.5) is 4.39 Å². The van der Waals surface area contributed by atoms with Crippen LogP contribution >= 0.6 is 15.9 Å². The second-order valence-electron chi connectivity index (χ2n) is 3.48. The van der Waals surface area contributed by atoms with Crippen LogP contribution in [0.3, 0.4) is 0 Å². The molecule has 0 aromatic heterocycles. The summed E-state index contributed by atoms with van der Waals surface area (Å²) in [5.74, 6) is -0.189. The lowest BCUT2D eigenvalue weighted by Crippen LogP contribution is -2.09. The van der Waals surface area contributed by atoms with Gasteiger partial charge in [0.1, 0.15) is 11.6 Å². The molecule has 1 aliphatic heterocycles. The van der Waals surface area contributed by atoms with Gasteiger partial charge in [0.15, 0.2) is 0 Å². The van der Waals surface area contributed by atoms with Crippen molar-refractivity contribution in [2.75, 3.05) is 13.1 Å². The number of aromatic hydroxyl groups is 1. The molecular weight excluding hydrogens is 249 g/mol. The van der Waals surface area contributed by atoms with E-state index in [0.29, 0.717) is 10.0 Å². The molecule has 1 unspecified atom stereocenters. The summed E-state index contributed by atoms with van der Waals surface area (Å²) in [7, 11) is 0. The fourth-order valence-electron chi connectivity index (χ4n) is 1.85. The van der Waals surface area contributed by atoms with E-state index < -0.39 is 0 Å². The van der Waals surface area contributed by atoms with Gasteiger partial charge in [0.05, 0.1) is 4.47 Å². The number of hydrogen-bond donors (Lipinski definition) is 2. The highest BCUT2D eigenvalue weighted by Crippen LogP contribution is 2.35. The monoisotopic (exact) mass is 259 g/mol. The molecular formula is C10H11BrFNO. The Morgan fingerprint density at radius 1 is 1.50 bits per heavy atom. The van der Waals surface area contributed by atoms with Crippen molar-refractivity contribution >= 4 is 15.9 Å². The zero-order valence-electron chi connectivity index (χ0n) is 7.56. The van der Waals surface area contributed by atoms with Crippen LogP contribution < -0.4 is 5.32 Å². The van der Waals surface area contributed by atoms with Gasteiger partial charge in [-0.05, 0) is 41.0 Å². The van der Waals surface area contributed by atoms with Crippen molar-refractivity contribution in [3.8, 4) is 5.75 Å². The summed E-state index contributed by atoms with van der Waals surface area (Å²) in [6, 6.07) is 3.05. The summed E-state index contributed by atoms with van der Waals surface area (Å²) in [6.07, 6.45) is 0.876. The molecule has 0 spiro atoms. The van der Waals surface area contributed by atoms with Gasteiger partial charge in [0.2, 0.25) is 0 Å². The largest absolute Gasteiger partial charge is 0.508 e. The number of phenolic OH excluding ortho intramolecular Hbond substituents is 1. The van der Waals surface area contributed by atoms with E-state index in [2.05, 4.69) is 21.2 Å². The molecule has 0 bridgehead atoms. The van der Waals surface area contributed by atoms with Gasteiger partial charge in [0, 0.05) is 18.0 Å². The molecule has 2 N–H and O–H groups in total. The summed E-state index contributed by atoms with van der Waals surface area (Å²) in [6.45, 7) is 1.62. The van der Waals surface area contributed by atoms with Gasteiger partial charge in [-0.25, -0.2) is 4.39 Å². The number of phenols is 1. The van der Waals surface area contributed by atoms with Crippen molar-refractivity contribution in [2.24, 2.45) is 0 Å². The quantitative estimate of drug-likeness (QED) is 0.812. The lowest BCUT2D eigenvalue weighted by molar-refractivity contribution is 0.450. The Balaban J connectivity index is 2.44. The molecule has 76 valence electrons. The zero-order valence-corrected chi connectivity index (χ0v) is 9.14. The van der Waals surface area contributed by atoms with Crippen LogP contribution in [0.15, 0.2) is 16.6 Å². The molecule has 2 nitrogen and oxygen atoms in total. The third-order valence-corrected chi connectivity index (χ3v) is 3.19. The molecule has 0 saturated carbocycles. The topological polar surface area (TPSA) is 32.3 Å². The van der Waals surface area contributed by atoms with Crippen LogP contribution in [0.5, 0.6) is 5.75 Å². The maximum atomic E-state index is 13.7. The third kappa shape index (κ3) is 1.64. The maximum Gasteiger partial charge on any atom is 0.144 e. The standard InChI is InChI=1S/C10H11BrFNO/c11-7-1-2-8(14)9(10(7)12)6-3-4-13-5-6/h1-2,6,13-14H,3-5H2. The van der Waals surface area contributed by atoms with E-state index in [-0.39, 0.29) is 17.5 Å². The summed E-state index contributed by atoms with van der Waals surface area (Å²) < 4.78 is 14.1. The number of rotatable bonds is 1. The van der Waals surface area contributed by atoms with Gasteiger partial charge in [0.25, 0.3) is 0 Å². The molecule has 1 aromatic carbocycles. The second kappa shape index (κ2) is 3.87. The van der Waals surface area contributed by atoms with Crippen LogP contribution in [0.1, 0.15) is 17.9 Å². The molecule has 1 fully saturated rings. The first-order chi connectivity index (χ1) is 6.70. The van der Waals surface area contributed by atoms with Crippen LogP contribution in [0.2, 0.25) is 0 Å². The van der Waals surface area contributed by atoms with Crippen LogP contribution in [0.25, 0.3) is 0 Å². The van der Waals surface area contributed by atoms with Gasteiger partial charge in [-0.2, -0.15) is 0 Å². The minimum atomic E-state index is -0.335. The van der Waals surface area contributed by atoms with Gasteiger partial charge in [-0.1, -0.05) is 0 Å². The first-order valence-corrected chi connectivity index (χ1v) is 5.37. The Labute approximate surface area is 90.3 Å². The lowest BCUT2D eigenvalue weighted by atomic mass is 9.97. The van der Waals surface area contributed by atoms with Crippen molar-refractivity contribution < 1.29 is 9.50 Å². The average molecular weight is 260 g/mol. The Hall–Kier alpha value is -0.610. The second-order valence-corrected chi connectivity index (χ2v) is 4.34. The van der Waals surface area contributed by atoms with E-state index in [9.17, 15) is 9.50 Å². The van der Waals surface area contributed by atoms with Gasteiger partial charge < -0.3 is 10.4 Å². The molecule has 4 heteroatoms. The van der Waals surface area contributed by atoms with Crippen molar-refractivity contribution in [3.63, 3.8) is 0 Å². The molecule has 1 aromatic rings. The normalized spacial score (nSPS) is 21.4. The highest BCUT2D eigenvalue weighted by molar-refractivity contribution is 9.10. The summed E-state index contributed by atoms with van der Waals surface area (Å²) in [4.78, 5) is 0. The minimum absolute atomic E-state index is 0.0550. The maximum absolute atomic E-state index is 13.7. The number of halogens is 2. The molecule has 0 amide bonds. The molecule has 0 aliphatic carbocycles. The van der Waals surface area contributed by atoms with E-state index in [0.717, 1.165) is 19.5 Å². The van der Waals surface area contributed by atoms with Gasteiger partial charge in [-0.3, -0.25) is 0 Å².